The van der Waals surface area contributed by atoms with E-state index in [0.29, 0.717) is 22.4 Å². The van der Waals surface area contributed by atoms with Gasteiger partial charge in [0.15, 0.2) is 0 Å². The van der Waals surface area contributed by atoms with Gasteiger partial charge in [0.05, 0.1) is 0 Å². The van der Waals surface area contributed by atoms with Crippen molar-refractivity contribution in [2.45, 2.75) is 6.04 Å². The van der Waals surface area contributed by atoms with Crippen LogP contribution in [0.15, 0.2) is 41.1 Å². The smallest absolute Gasteiger partial charge is 0.248 e. The lowest BCUT2D eigenvalue weighted by atomic mass is 10.1. The van der Waals surface area contributed by atoms with Crippen LogP contribution >= 0.6 is 11.6 Å². The molecule has 1 atom stereocenters. The van der Waals surface area contributed by atoms with E-state index in [-0.39, 0.29) is 0 Å². The van der Waals surface area contributed by atoms with Gasteiger partial charge in [-0.05, 0) is 17.7 Å². The summed E-state index contributed by atoms with van der Waals surface area (Å²) in [5, 5.41) is 8.67. The second-order valence-corrected chi connectivity index (χ2v) is 4.74. The standard InChI is InChI=1S/C13H12ClN5O/c1-19-7-6-10(17-19)12-16-13(20-18-12)11(15)8-4-2-3-5-9(8)14/h2-7,11H,15H2,1H3/t11-/m1/s1. The molecule has 3 aromatic rings. The normalized spacial score (nSPS) is 12.6. The van der Waals surface area contributed by atoms with Gasteiger partial charge in [0.25, 0.3) is 0 Å². The molecule has 7 heteroatoms. The van der Waals surface area contributed by atoms with Crippen LogP contribution in [0.5, 0.6) is 0 Å². The number of benzene rings is 1. The zero-order valence-corrected chi connectivity index (χ0v) is 11.4. The minimum Gasteiger partial charge on any atom is -0.337 e. The summed E-state index contributed by atoms with van der Waals surface area (Å²) < 4.78 is 6.87. The molecule has 0 unspecified atom stereocenters. The van der Waals surface area contributed by atoms with Crippen LogP contribution in [-0.2, 0) is 7.05 Å². The first kappa shape index (κ1) is 12.8. The quantitative estimate of drug-likeness (QED) is 0.799. The monoisotopic (exact) mass is 289 g/mol. The zero-order chi connectivity index (χ0) is 14.1. The number of nitrogens with two attached hydrogens (primary N) is 1. The lowest BCUT2D eigenvalue weighted by molar-refractivity contribution is 0.367. The van der Waals surface area contributed by atoms with E-state index in [1.54, 1.807) is 23.0 Å². The van der Waals surface area contributed by atoms with E-state index in [0.717, 1.165) is 5.56 Å². The number of aryl methyl sites for hydroxylation is 1. The summed E-state index contributed by atoms with van der Waals surface area (Å²) in [6, 6.07) is 8.54. The molecule has 1 aromatic carbocycles. The highest BCUT2D eigenvalue weighted by molar-refractivity contribution is 6.31. The average Bonchev–Trinajstić information content (AvgIpc) is 3.07. The second kappa shape index (κ2) is 5.07. The van der Waals surface area contributed by atoms with Gasteiger partial charge in [-0.15, -0.1) is 0 Å². The lowest BCUT2D eigenvalue weighted by Crippen LogP contribution is -2.12. The average molecular weight is 290 g/mol. The summed E-state index contributed by atoms with van der Waals surface area (Å²) in [5.74, 6) is 0.710. The summed E-state index contributed by atoms with van der Waals surface area (Å²) >= 11 is 6.11. The Morgan fingerprint density at radius 3 is 2.80 bits per heavy atom. The molecule has 0 radical (unpaired) electrons. The molecule has 20 heavy (non-hydrogen) atoms. The van der Waals surface area contributed by atoms with Crippen LogP contribution in [0.4, 0.5) is 0 Å². The topological polar surface area (TPSA) is 82.8 Å². The van der Waals surface area contributed by atoms with E-state index in [1.807, 2.05) is 25.2 Å². The highest BCUT2D eigenvalue weighted by Gasteiger charge is 2.20. The number of rotatable bonds is 3. The zero-order valence-electron chi connectivity index (χ0n) is 10.7. The van der Waals surface area contributed by atoms with Crippen molar-refractivity contribution in [3.05, 3.63) is 53.0 Å². The molecule has 102 valence electrons. The van der Waals surface area contributed by atoms with Gasteiger partial charge in [0.1, 0.15) is 11.7 Å². The van der Waals surface area contributed by atoms with Crippen LogP contribution in [-0.4, -0.2) is 19.9 Å². The Labute approximate surface area is 120 Å². The molecule has 2 heterocycles. The first-order valence-corrected chi connectivity index (χ1v) is 6.36. The van der Waals surface area contributed by atoms with Crippen molar-refractivity contribution in [3.63, 3.8) is 0 Å². The highest BCUT2D eigenvalue weighted by Crippen LogP contribution is 2.26. The Kier molecular flexibility index (Phi) is 3.25. The third kappa shape index (κ3) is 2.31. The summed E-state index contributed by atoms with van der Waals surface area (Å²) in [5.41, 5.74) is 7.48. The number of halogens is 1. The van der Waals surface area contributed by atoms with Crippen molar-refractivity contribution in [1.82, 2.24) is 19.9 Å². The Bertz CT molecular complexity index is 736. The molecule has 0 amide bonds. The van der Waals surface area contributed by atoms with Crippen LogP contribution in [0, 0.1) is 0 Å². The van der Waals surface area contributed by atoms with Gasteiger partial charge >= 0.3 is 0 Å². The van der Waals surface area contributed by atoms with E-state index in [1.165, 1.54) is 0 Å². The minimum absolute atomic E-state index is 0.304. The summed E-state index contributed by atoms with van der Waals surface area (Å²) in [7, 11) is 1.82. The van der Waals surface area contributed by atoms with E-state index < -0.39 is 6.04 Å². The van der Waals surface area contributed by atoms with Gasteiger partial charge < -0.3 is 10.3 Å². The van der Waals surface area contributed by atoms with Gasteiger partial charge in [0.2, 0.25) is 11.7 Å². The van der Waals surface area contributed by atoms with Crippen molar-refractivity contribution in [1.29, 1.82) is 0 Å². The molecule has 0 aliphatic heterocycles. The predicted octanol–water partition coefficient (Wildman–Crippen LogP) is 2.17. The summed E-state index contributed by atoms with van der Waals surface area (Å²) in [4.78, 5) is 4.27. The fourth-order valence-corrected chi connectivity index (χ4v) is 2.11. The highest BCUT2D eigenvalue weighted by atomic mass is 35.5. The molecule has 2 N–H and O–H groups in total. The number of hydrogen-bond acceptors (Lipinski definition) is 5. The Morgan fingerprint density at radius 2 is 2.10 bits per heavy atom. The third-order valence-electron chi connectivity index (χ3n) is 2.89. The Hall–Kier alpha value is -2.18. The van der Waals surface area contributed by atoms with Crippen molar-refractivity contribution in [2.24, 2.45) is 12.8 Å². The first-order valence-electron chi connectivity index (χ1n) is 5.99. The number of hydrogen-bond donors (Lipinski definition) is 1. The molecular weight excluding hydrogens is 278 g/mol. The third-order valence-corrected chi connectivity index (χ3v) is 3.23. The fourth-order valence-electron chi connectivity index (χ4n) is 1.86. The van der Waals surface area contributed by atoms with Gasteiger partial charge in [0, 0.05) is 18.3 Å². The molecule has 3 rings (SSSR count). The molecule has 0 saturated carbocycles. The molecular formula is C13H12ClN5O. The second-order valence-electron chi connectivity index (χ2n) is 4.33. The Balaban J connectivity index is 1.92. The largest absolute Gasteiger partial charge is 0.337 e. The van der Waals surface area contributed by atoms with Crippen LogP contribution in [0.1, 0.15) is 17.5 Å². The fraction of sp³-hybridized carbons (Fsp3) is 0.154. The lowest BCUT2D eigenvalue weighted by Gasteiger charge is -2.08. The molecule has 0 aliphatic rings. The molecule has 0 spiro atoms. The molecule has 0 fully saturated rings. The van der Waals surface area contributed by atoms with Crippen molar-refractivity contribution in [2.75, 3.05) is 0 Å². The van der Waals surface area contributed by atoms with Crippen LogP contribution < -0.4 is 5.73 Å². The maximum Gasteiger partial charge on any atom is 0.248 e. The molecule has 0 aliphatic carbocycles. The van der Waals surface area contributed by atoms with Gasteiger partial charge in [-0.25, -0.2) is 0 Å². The van der Waals surface area contributed by atoms with Gasteiger partial charge in [-0.1, -0.05) is 35.0 Å². The van der Waals surface area contributed by atoms with Crippen LogP contribution in [0.2, 0.25) is 5.02 Å². The number of nitrogens with zero attached hydrogens (tertiary/aromatic N) is 4. The minimum atomic E-state index is -0.561. The van der Waals surface area contributed by atoms with Crippen LogP contribution in [0.25, 0.3) is 11.5 Å². The van der Waals surface area contributed by atoms with Crippen molar-refractivity contribution < 1.29 is 4.52 Å². The van der Waals surface area contributed by atoms with E-state index in [4.69, 9.17) is 21.9 Å². The predicted molar refractivity (Wildman–Crippen MR) is 74.0 cm³/mol. The molecule has 0 bridgehead atoms. The first-order chi connectivity index (χ1) is 9.65. The summed E-state index contributed by atoms with van der Waals surface area (Å²) in [6.07, 6.45) is 1.80. The van der Waals surface area contributed by atoms with Crippen molar-refractivity contribution >= 4 is 11.6 Å². The SMILES string of the molecule is Cn1ccc(-c2noc([C@H](N)c3ccccc3Cl)n2)n1. The number of aromatic nitrogens is 4. The van der Waals surface area contributed by atoms with Gasteiger partial charge in [-0.3, -0.25) is 4.68 Å². The van der Waals surface area contributed by atoms with E-state index in [9.17, 15) is 0 Å². The molecule has 6 nitrogen and oxygen atoms in total. The van der Waals surface area contributed by atoms with Crippen LogP contribution in [0.3, 0.4) is 0 Å². The maximum atomic E-state index is 6.11. The van der Waals surface area contributed by atoms with E-state index in [2.05, 4.69) is 15.2 Å². The Morgan fingerprint density at radius 1 is 1.30 bits per heavy atom. The molecule has 2 aromatic heterocycles. The maximum absolute atomic E-state index is 6.11. The van der Waals surface area contributed by atoms with E-state index >= 15 is 0 Å². The summed E-state index contributed by atoms with van der Waals surface area (Å²) in [6.45, 7) is 0. The molecule has 0 saturated heterocycles. The van der Waals surface area contributed by atoms with Gasteiger partial charge in [-0.2, -0.15) is 10.1 Å². The van der Waals surface area contributed by atoms with Crippen molar-refractivity contribution in [3.8, 4) is 11.5 Å².